The number of fused-ring (bicyclic) bond motifs is 1. The molecule has 0 spiro atoms. The first-order chi connectivity index (χ1) is 10.1. The number of hydrogen-bond donors (Lipinski definition) is 0. The molecule has 0 radical (unpaired) electrons. The second-order valence-corrected chi connectivity index (χ2v) is 6.40. The largest absolute Gasteiger partial charge is 0.298 e. The molecule has 21 heavy (non-hydrogen) atoms. The number of rotatable bonds is 3. The quantitative estimate of drug-likeness (QED) is 0.870. The molecule has 4 nitrogen and oxygen atoms in total. The molecule has 0 saturated carbocycles. The van der Waals surface area contributed by atoms with Crippen LogP contribution in [0.4, 0.5) is 0 Å². The summed E-state index contributed by atoms with van der Waals surface area (Å²) in [5, 5.41) is 0.706. The topological polar surface area (TPSA) is 38.1 Å². The molecule has 1 aliphatic heterocycles. The Balaban J connectivity index is 2.07. The summed E-state index contributed by atoms with van der Waals surface area (Å²) in [5.41, 5.74) is 0.874. The Morgan fingerprint density at radius 3 is 2.86 bits per heavy atom. The minimum absolute atomic E-state index is 0.0620. The zero-order valence-corrected chi connectivity index (χ0v) is 13.0. The van der Waals surface area contributed by atoms with Crippen molar-refractivity contribution in [1.82, 2.24) is 14.5 Å². The first-order valence-corrected chi connectivity index (χ1v) is 7.77. The van der Waals surface area contributed by atoms with Crippen molar-refractivity contribution in [2.75, 3.05) is 13.1 Å². The number of aromatic nitrogens is 2. The van der Waals surface area contributed by atoms with E-state index in [2.05, 4.69) is 18.7 Å². The first-order valence-electron chi connectivity index (χ1n) is 7.77. The summed E-state index contributed by atoms with van der Waals surface area (Å²) in [6.07, 6.45) is 2.27. The van der Waals surface area contributed by atoms with Crippen LogP contribution in [-0.4, -0.2) is 27.5 Å². The molecule has 1 aromatic carbocycles. The molecule has 0 aliphatic carbocycles. The molecule has 1 fully saturated rings. The molecule has 3 rings (SSSR count). The Kier molecular flexibility index (Phi) is 3.81. The zero-order chi connectivity index (χ0) is 15.0. The lowest BCUT2D eigenvalue weighted by molar-refractivity contribution is 0.217. The summed E-state index contributed by atoms with van der Waals surface area (Å²) in [4.78, 5) is 19.8. The standard InChI is InChI=1S/C17H23N3O/c1-12(2)11-20-10-6-9-15(20)16-18-14-8-5-4-7-13(14)17(21)19(16)3/h4-5,7-8,12,15H,6,9-11H2,1-3H3. The summed E-state index contributed by atoms with van der Waals surface area (Å²) in [7, 11) is 1.85. The monoisotopic (exact) mass is 285 g/mol. The Labute approximate surface area is 125 Å². The highest BCUT2D eigenvalue weighted by molar-refractivity contribution is 5.77. The molecule has 4 heteroatoms. The van der Waals surface area contributed by atoms with Gasteiger partial charge in [0.1, 0.15) is 5.82 Å². The van der Waals surface area contributed by atoms with Crippen molar-refractivity contribution < 1.29 is 0 Å². The van der Waals surface area contributed by atoms with E-state index in [9.17, 15) is 4.79 Å². The van der Waals surface area contributed by atoms with E-state index in [4.69, 9.17) is 4.98 Å². The molecule has 1 aliphatic rings. The van der Waals surface area contributed by atoms with E-state index in [1.54, 1.807) is 4.57 Å². The maximum Gasteiger partial charge on any atom is 0.261 e. The van der Waals surface area contributed by atoms with Gasteiger partial charge in [-0.05, 0) is 37.4 Å². The molecule has 1 unspecified atom stereocenters. The molecule has 1 atom stereocenters. The van der Waals surface area contributed by atoms with Crippen LogP contribution in [0.3, 0.4) is 0 Å². The van der Waals surface area contributed by atoms with Crippen molar-refractivity contribution in [3.8, 4) is 0 Å². The molecule has 1 saturated heterocycles. The highest BCUT2D eigenvalue weighted by atomic mass is 16.1. The minimum Gasteiger partial charge on any atom is -0.298 e. The molecule has 2 aromatic rings. The number of nitrogens with zero attached hydrogens (tertiary/aromatic N) is 3. The summed E-state index contributed by atoms with van der Waals surface area (Å²) in [6.45, 7) is 6.64. The van der Waals surface area contributed by atoms with Crippen LogP contribution in [0.5, 0.6) is 0 Å². The van der Waals surface area contributed by atoms with Gasteiger partial charge in [0.05, 0.1) is 16.9 Å². The van der Waals surface area contributed by atoms with Gasteiger partial charge in [0, 0.05) is 13.6 Å². The molecule has 1 aromatic heterocycles. The zero-order valence-electron chi connectivity index (χ0n) is 13.0. The lowest BCUT2D eigenvalue weighted by Crippen LogP contribution is -2.32. The molecule has 0 N–H and O–H groups in total. The van der Waals surface area contributed by atoms with Crippen LogP contribution in [-0.2, 0) is 7.05 Å². The highest BCUT2D eigenvalue weighted by Gasteiger charge is 2.29. The number of likely N-dealkylation sites (tertiary alicyclic amines) is 1. The maximum absolute atomic E-state index is 12.5. The van der Waals surface area contributed by atoms with Crippen molar-refractivity contribution in [3.63, 3.8) is 0 Å². The van der Waals surface area contributed by atoms with Gasteiger partial charge in [-0.3, -0.25) is 14.3 Å². The van der Waals surface area contributed by atoms with Crippen LogP contribution in [0.15, 0.2) is 29.1 Å². The van der Waals surface area contributed by atoms with Gasteiger partial charge < -0.3 is 0 Å². The van der Waals surface area contributed by atoms with Gasteiger partial charge in [-0.1, -0.05) is 26.0 Å². The summed E-state index contributed by atoms with van der Waals surface area (Å²) >= 11 is 0. The second kappa shape index (κ2) is 5.60. The van der Waals surface area contributed by atoms with E-state index in [1.165, 1.54) is 6.42 Å². The average Bonchev–Trinajstić information content (AvgIpc) is 2.90. The van der Waals surface area contributed by atoms with Gasteiger partial charge >= 0.3 is 0 Å². The summed E-state index contributed by atoms with van der Waals surface area (Å²) in [6, 6.07) is 7.90. The maximum atomic E-state index is 12.5. The molecular formula is C17H23N3O. The Morgan fingerprint density at radius 2 is 2.10 bits per heavy atom. The third-order valence-electron chi connectivity index (χ3n) is 4.28. The predicted octanol–water partition coefficient (Wildman–Crippen LogP) is 2.73. The Morgan fingerprint density at radius 1 is 1.33 bits per heavy atom. The smallest absolute Gasteiger partial charge is 0.261 e. The number of para-hydroxylation sites is 1. The van der Waals surface area contributed by atoms with Crippen LogP contribution in [0.25, 0.3) is 10.9 Å². The van der Waals surface area contributed by atoms with Crippen molar-refractivity contribution >= 4 is 10.9 Å². The van der Waals surface area contributed by atoms with E-state index < -0.39 is 0 Å². The van der Waals surface area contributed by atoms with Gasteiger partial charge in [-0.15, -0.1) is 0 Å². The number of benzene rings is 1. The second-order valence-electron chi connectivity index (χ2n) is 6.40. The summed E-state index contributed by atoms with van der Waals surface area (Å²) < 4.78 is 1.74. The van der Waals surface area contributed by atoms with E-state index in [-0.39, 0.29) is 11.6 Å². The van der Waals surface area contributed by atoms with Crippen molar-refractivity contribution in [2.45, 2.75) is 32.7 Å². The van der Waals surface area contributed by atoms with Crippen LogP contribution < -0.4 is 5.56 Å². The van der Waals surface area contributed by atoms with E-state index in [1.807, 2.05) is 31.3 Å². The van der Waals surface area contributed by atoms with Crippen molar-refractivity contribution in [2.24, 2.45) is 13.0 Å². The van der Waals surface area contributed by atoms with Crippen LogP contribution in [0.2, 0.25) is 0 Å². The SMILES string of the molecule is CC(C)CN1CCCC1c1nc2ccccc2c(=O)n1C. The van der Waals surface area contributed by atoms with Gasteiger partial charge in [-0.2, -0.15) is 0 Å². The first kappa shape index (κ1) is 14.3. The minimum atomic E-state index is 0.0620. The molecular weight excluding hydrogens is 262 g/mol. The van der Waals surface area contributed by atoms with E-state index in [0.717, 1.165) is 30.9 Å². The summed E-state index contributed by atoms with van der Waals surface area (Å²) in [5.74, 6) is 1.54. The predicted molar refractivity (Wildman–Crippen MR) is 85.4 cm³/mol. The number of hydrogen-bond acceptors (Lipinski definition) is 3. The van der Waals surface area contributed by atoms with Crippen molar-refractivity contribution in [1.29, 1.82) is 0 Å². The highest BCUT2D eigenvalue weighted by Crippen LogP contribution is 2.31. The van der Waals surface area contributed by atoms with Gasteiger partial charge in [0.2, 0.25) is 0 Å². The molecule has 0 amide bonds. The lowest BCUT2D eigenvalue weighted by Gasteiger charge is -2.27. The van der Waals surface area contributed by atoms with E-state index in [0.29, 0.717) is 11.3 Å². The van der Waals surface area contributed by atoms with Crippen LogP contribution in [0.1, 0.15) is 38.6 Å². The molecule has 0 bridgehead atoms. The van der Waals surface area contributed by atoms with Gasteiger partial charge in [-0.25, -0.2) is 4.98 Å². The average molecular weight is 285 g/mol. The molecule has 112 valence electrons. The molecule has 2 heterocycles. The third kappa shape index (κ3) is 2.60. The Bertz CT molecular complexity index is 705. The van der Waals surface area contributed by atoms with Gasteiger partial charge in [0.25, 0.3) is 5.56 Å². The Hall–Kier alpha value is -1.68. The van der Waals surface area contributed by atoms with E-state index >= 15 is 0 Å². The fourth-order valence-corrected chi connectivity index (χ4v) is 3.34. The fraction of sp³-hybridized carbons (Fsp3) is 0.529. The van der Waals surface area contributed by atoms with Crippen molar-refractivity contribution in [3.05, 3.63) is 40.4 Å². The lowest BCUT2D eigenvalue weighted by atomic mass is 10.1. The van der Waals surface area contributed by atoms with Crippen LogP contribution in [0, 0.1) is 5.92 Å². The normalized spacial score (nSPS) is 19.7. The van der Waals surface area contributed by atoms with Gasteiger partial charge in [0.15, 0.2) is 0 Å². The van der Waals surface area contributed by atoms with Crippen LogP contribution >= 0.6 is 0 Å². The third-order valence-corrected chi connectivity index (χ3v) is 4.28. The fourth-order valence-electron chi connectivity index (χ4n) is 3.34.